The molecular weight excluding hydrogens is 242 g/mol. The Labute approximate surface area is 104 Å². The number of rotatable bonds is 5. The number of hydrogen-bond donors (Lipinski definition) is 2. The van der Waals surface area contributed by atoms with Crippen molar-refractivity contribution in [2.75, 3.05) is 13.6 Å². The molecule has 3 N–H and O–H groups in total. The Balaban J connectivity index is 2.56. The second-order valence-electron chi connectivity index (χ2n) is 4.09. The van der Waals surface area contributed by atoms with Crippen molar-refractivity contribution < 1.29 is 18.7 Å². The largest absolute Gasteiger partial charge is 0.508 e. The summed E-state index contributed by atoms with van der Waals surface area (Å²) in [6.07, 6.45) is -2.33. The van der Waals surface area contributed by atoms with Gasteiger partial charge in [0.25, 0.3) is 6.43 Å². The molecule has 1 atom stereocenters. The van der Waals surface area contributed by atoms with E-state index in [0.29, 0.717) is 0 Å². The highest BCUT2D eigenvalue weighted by Crippen LogP contribution is 2.11. The molecule has 0 bridgehead atoms. The highest BCUT2D eigenvalue weighted by molar-refractivity contribution is 5.81. The number of halogens is 2. The van der Waals surface area contributed by atoms with Crippen LogP contribution >= 0.6 is 0 Å². The molecule has 0 saturated heterocycles. The molecule has 18 heavy (non-hydrogen) atoms. The minimum atomic E-state index is -2.57. The lowest BCUT2D eigenvalue weighted by molar-refractivity contribution is -0.132. The van der Waals surface area contributed by atoms with Gasteiger partial charge in [0.15, 0.2) is 0 Å². The third-order valence-corrected chi connectivity index (χ3v) is 2.50. The Morgan fingerprint density at radius 3 is 2.44 bits per heavy atom. The SMILES string of the molecule is CN(CC(F)F)C(=O)[C@@H](N)Cc1ccc(O)cc1. The Kier molecular flexibility index (Phi) is 5.03. The zero-order chi connectivity index (χ0) is 13.7. The predicted octanol–water partition coefficient (Wildman–Crippen LogP) is 0.985. The van der Waals surface area contributed by atoms with Crippen LogP contribution in [0.1, 0.15) is 5.56 Å². The molecule has 0 spiro atoms. The van der Waals surface area contributed by atoms with Crippen LogP contribution in [0.5, 0.6) is 5.75 Å². The summed E-state index contributed by atoms with van der Waals surface area (Å²) >= 11 is 0. The molecular formula is C12H16F2N2O2. The van der Waals surface area contributed by atoms with Crippen LogP contribution in [-0.2, 0) is 11.2 Å². The third-order valence-electron chi connectivity index (χ3n) is 2.50. The number of phenols is 1. The van der Waals surface area contributed by atoms with E-state index in [1.807, 2.05) is 0 Å². The summed E-state index contributed by atoms with van der Waals surface area (Å²) in [5.41, 5.74) is 6.43. The highest BCUT2D eigenvalue weighted by atomic mass is 19.3. The van der Waals surface area contributed by atoms with Crippen molar-refractivity contribution in [1.82, 2.24) is 4.90 Å². The molecule has 0 radical (unpaired) electrons. The molecule has 0 aliphatic rings. The summed E-state index contributed by atoms with van der Waals surface area (Å²) in [5, 5.41) is 9.10. The van der Waals surface area contributed by atoms with Crippen molar-refractivity contribution in [3.8, 4) is 5.75 Å². The number of phenolic OH excluding ortho intramolecular Hbond substituents is 1. The van der Waals surface area contributed by atoms with Gasteiger partial charge in [-0.05, 0) is 24.1 Å². The maximum atomic E-state index is 12.1. The number of alkyl halides is 2. The van der Waals surface area contributed by atoms with Crippen molar-refractivity contribution >= 4 is 5.91 Å². The molecule has 0 fully saturated rings. The van der Waals surface area contributed by atoms with Crippen LogP contribution in [0.4, 0.5) is 8.78 Å². The zero-order valence-corrected chi connectivity index (χ0v) is 10.0. The lowest BCUT2D eigenvalue weighted by Crippen LogP contribution is -2.44. The van der Waals surface area contributed by atoms with Crippen LogP contribution in [0.25, 0.3) is 0 Å². The number of carbonyl (C=O) groups is 1. The molecule has 6 heteroatoms. The van der Waals surface area contributed by atoms with Gasteiger partial charge in [-0.2, -0.15) is 0 Å². The Hall–Kier alpha value is -1.69. The topological polar surface area (TPSA) is 66.6 Å². The third kappa shape index (κ3) is 4.29. The summed E-state index contributed by atoms with van der Waals surface area (Å²) in [4.78, 5) is 12.6. The molecule has 1 aromatic rings. The fraction of sp³-hybridized carbons (Fsp3) is 0.417. The Morgan fingerprint density at radius 2 is 1.94 bits per heavy atom. The maximum absolute atomic E-state index is 12.1. The average Bonchev–Trinajstić information content (AvgIpc) is 2.30. The quantitative estimate of drug-likeness (QED) is 0.827. The van der Waals surface area contributed by atoms with Gasteiger partial charge in [0.05, 0.1) is 12.6 Å². The van der Waals surface area contributed by atoms with Gasteiger partial charge in [0, 0.05) is 7.05 Å². The molecule has 0 saturated carbocycles. The summed E-state index contributed by atoms with van der Waals surface area (Å²) in [6, 6.07) is 5.37. The minimum absolute atomic E-state index is 0.119. The van der Waals surface area contributed by atoms with E-state index in [4.69, 9.17) is 10.8 Å². The normalized spacial score (nSPS) is 12.5. The average molecular weight is 258 g/mol. The standard InChI is InChI=1S/C12H16F2N2O2/c1-16(7-11(13)14)12(18)10(15)6-8-2-4-9(17)5-3-8/h2-5,10-11,17H,6-7,15H2,1H3/t10-/m0/s1. The van der Waals surface area contributed by atoms with Gasteiger partial charge in [0.2, 0.25) is 5.91 Å². The second-order valence-corrected chi connectivity index (χ2v) is 4.09. The maximum Gasteiger partial charge on any atom is 0.255 e. The smallest absolute Gasteiger partial charge is 0.255 e. The van der Waals surface area contributed by atoms with E-state index in [0.717, 1.165) is 10.5 Å². The second kappa shape index (κ2) is 6.30. The van der Waals surface area contributed by atoms with Crippen molar-refractivity contribution in [2.24, 2.45) is 5.73 Å². The number of carbonyl (C=O) groups excluding carboxylic acids is 1. The van der Waals surface area contributed by atoms with Crippen molar-refractivity contribution in [3.05, 3.63) is 29.8 Å². The van der Waals surface area contributed by atoms with Crippen LogP contribution in [0.15, 0.2) is 24.3 Å². The molecule has 100 valence electrons. The lowest BCUT2D eigenvalue weighted by atomic mass is 10.1. The Morgan fingerprint density at radius 1 is 1.39 bits per heavy atom. The summed E-state index contributed by atoms with van der Waals surface area (Å²) < 4.78 is 24.2. The van der Waals surface area contributed by atoms with Crippen molar-refractivity contribution in [2.45, 2.75) is 18.9 Å². The van der Waals surface area contributed by atoms with Crippen LogP contribution in [0.2, 0.25) is 0 Å². The highest BCUT2D eigenvalue weighted by Gasteiger charge is 2.20. The lowest BCUT2D eigenvalue weighted by Gasteiger charge is -2.20. The summed E-state index contributed by atoms with van der Waals surface area (Å²) in [7, 11) is 1.30. The minimum Gasteiger partial charge on any atom is -0.508 e. The molecule has 0 aromatic heterocycles. The first-order chi connectivity index (χ1) is 8.40. The predicted molar refractivity (Wildman–Crippen MR) is 63.4 cm³/mol. The number of likely N-dealkylation sites (N-methyl/N-ethyl adjacent to an activating group) is 1. The van der Waals surface area contributed by atoms with Crippen LogP contribution < -0.4 is 5.73 Å². The van der Waals surface area contributed by atoms with Crippen LogP contribution in [0, 0.1) is 0 Å². The van der Waals surface area contributed by atoms with Crippen molar-refractivity contribution in [1.29, 1.82) is 0 Å². The monoisotopic (exact) mass is 258 g/mol. The van der Waals surface area contributed by atoms with Gasteiger partial charge < -0.3 is 15.7 Å². The van der Waals surface area contributed by atoms with Gasteiger partial charge in [-0.3, -0.25) is 4.79 Å². The van der Waals surface area contributed by atoms with E-state index < -0.39 is 24.9 Å². The summed E-state index contributed by atoms with van der Waals surface area (Å²) in [5.74, 6) is -0.406. The first kappa shape index (κ1) is 14.4. The Bertz CT molecular complexity index is 396. The molecule has 0 unspecified atom stereocenters. The first-order valence-corrected chi connectivity index (χ1v) is 5.46. The number of nitrogens with zero attached hydrogens (tertiary/aromatic N) is 1. The van der Waals surface area contributed by atoms with E-state index in [1.54, 1.807) is 12.1 Å². The van der Waals surface area contributed by atoms with Gasteiger partial charge in [-0.25, -0.2) is 8.78 Å². The van der Waals surface area contributed by atoms with E-state index in [9.17, 15) is 13.6 Å². The fourth-order valence-electron chi connectivity index (χ4n) is 1.55. The fourth-order valence-corrected chi connectivity index (χ4v) is 1.55. The molecule has 0 aliphatic carbocycles. The summed E-state index contributed by atoms with van der Waals surface area (Å²) in [6.45, 7) is -0.623. The van der Waals surface area contributed by atoms with E-state index in [-0.39, 0.29) is 12.2 Å². The first-order valence-electron chi connectivity index (χ1n) is 5.46. The van der Waals surface area contributed by atoms with Gasteiger partial charge in [-0.1, -0.05) is 12.1 Å². The molecule has 1 rings (SSSR count). The van der Waals surface area contributed by atoms with E-state index in [1.165, 1.54) is 19.2 Å². The van der Waals surface area contributed by atoms with Crippen molar-refractivity contribution in [3.63, 3.8) is 0 Å². The number of nitrogens with two attached hydrogens (primary N) is 1. The van der Waals surface area contributed by atoms with E-state index in [2.05, 4.69) is 0 Å². The molecule has 1 aromatic carbocycles. The van der Waals surface area contributed by atoms with Gasteiger partial charge in [-0.15, -0.1) is 0 Å². The molecule has 1 amide bonds. The van der Waals surface area contributed by atoms with Crippen LogP contribution in [-0.4, -0.2) is 42.0 Å². The number of aromatic hydroxyl groups is 1. The van der Waals surface area contributed by atoms with Gasteiger partial charge >= 0.3 is 0 Å². The number of benzene rings is 1. The molecule has 0 heterocycles. The number of amides is 1. The molecule has 0 aliphatic heterocycles. The molecule has 4 nitrogen and oxygen atoms in total. The number of hydrogen-bond acceptors (Lipinski definition) is 3. The van der Waals surface area contributed by atoms with Gasteiger partial charge in [0.1, 0.15) is 5.75 Å². The zero-order valence-electron chi connectivity index (χ0n) is 10.0. The van der Waals surface area contributed by atoms with E-state index >= 15 is 0 Å². The van der Waals surface area contributed by atoms with Crippen LogP contribution in [0.3, 0.4) is 0 Å².